The van der Waals surface area contributed by atoms with Crippen LogP contribution in [0.15, 0.2) is 60.8 Å². The molecule has 0 aromatic carbocycles. The standard InChI is InChI=1S/C77H140O17P2/c1-5-9-13-17-21-25-29-33-35-39-42-46-50-54-58-62-75(80)88-68-73(94-77(82)64-60-56-52-48-44-40-36-34-30-26-22-18-14-10-6-2)70-92-96(85,86)90-66-71(78)65-89-95(83,84)91-69-72(93-76(81)63-59-55-51-47-43-38-32-28-24-20-16-12-8-4)67-87-74(79)61-57-53-49-45-41-37-31-27-23-19-15-11-7-3/h21,25-27,30-31,33-36,71-73,78H,5-20,22-24,28-29,32,37-70H2,1-4H3,(H,83,84)(H,85,86)/b25-21-,30-26-,31-27-,35-33-,36-34-/t71-,72-,73-/m1/s1. The summed E-state index contributed by atoms with van der Waals surface area (Å²) < 4.78 is 68.5. The molecule has 0 saturated carbocycles. The van der Waals surface area contributed by atoms with Crippen LogP contribution in [0.25, 0.3) is 0 Å². The van der Waals surface area contributed by atoms with Crippen molar-refractivity contribution in [3.63, 3.8) is 0 Å². The third-order valence-corrected chi connectivity index (χ3v) is 18.4. The van der Waals surface area contributed by atoms with E-state index >= 15 is 0 Å². The lowest BCUT2D eigenvalue weighted by Gasteiger charge is -2.21. The second-order valence-electron chi connectivity index (χ2n) is 26.0. The van der Waals surface area contributed by atoms with Crippen molar-refractivity contribution in [1.29, 1.82) is 0 Å². The summed E-state index contributed by atoms with van der Waals surface area (Å²) in [6.07, 6.45) is 67.7. The Morgan fingerprint density at radius 2 is 0.542 bits per heavy atom. The molecule has 0 rings (SSSR count). The lowest BCUT2D eigenvalue weighted by atomic mass is 10.0. The number of phosphoric acid groups is 2. The van der Waals surface area contributed by atoms with Gasteiger partial charge in [-0.05, 0) is 109 Å². The Balaban J connectivity index is 5.34. The Labute approximate surface area is 584 Å². The van der Waals surface area contributed by atoms with Crippen molar-refractivity contribution in [3.05, 3.63) is 60.8 Å². The zero-order chi connectivity index (χ0) is 70.4. The first kappa shape index (κ1) is 92.8. The van der Waals surface area contributed by atoms with Crippen LogP contribution >= 0.6 is 15.6 Å². The minimum absolute atomic E-state index is 0.0777. The fourth-order valence-corrected chi connectivity index (χ4v) is 12.1. The highest BCUT2D eigenvalue weighted by molar-refractivity contribution is 7.47. The molecule has 560 valence electrons. The van der Waals surface area contributed by atoms with Crippen molar-refractivity contribution in [1.82, 2.24) is 0 Å². The number of esters is 4. The van der Waals surface area contributed by atoms with E-state index in [0.717, 1.165) is 148 Å². The maximum atomic E-state index is 13.1. The molecule has 0 saturated heterocycles. The molecule has 5 atom stereocenters. The molecule has 0 aromatic rings. The molecular formula is C77H140O17P2. The Hall–Kier alpha value is -3.24. The highest BCUT2D eigenvalue weighted by Gasteiger charge is 2.30. The van der Waals surface area contributed by atoms with Crippen molar-refractivity contribution in [2.75, 3.05) is 39.6 Å². The average molecular weight is 1400 g/mol. The molecule has 0 aromatic heterocycles. The Morgan fingerprint density at radius 1 is 0.302 bits per heavy atom. The smallest absolute Gasteiger partial charge is 0.462 e. The highest BCUT2D eigenvalue weighted by Crippen LogP contribution is 2.45. The van der Waals surface area contributed by atoms with Crippen LogP contribution in [0.2, 0.25) is 0 Å². The third kappa shape index (κ3) is 69.2. The molecule has 0 aliphatic heterocycles. The van der Waals surface area contributed by atoms with E-state index in [4.69, 9.17) is 37.0 Å². The topological polar surface area (TPSA) is 237 Å². The van der Waals surface area contributed by atoms with Crippen LogP contribution < -0.4 is 0 Å². The second kappa shape index (κ2) is 70.2. The van der Waals surface area contributed by atoms with Gasteiger partial charge < -0.3 is 33.8 Å². The SMILES string of the molecule is CCCCC/C=C\C/C=C\CCCCCCCC(=O)OC[C@H](COP(=O)(O)OC[C@H](O)COP(=O)(O)OC[C@@H](COC(=O)CCCCCCC/C=C\CCCCCC)OC(=O)CCCCCCCCCCCCCCC)OC(=O)CCCCCCC/C=C\C=C/CCCCCC. The van der Waals surface area contributed by atoms with Crippen molar-refractivity contribution in [3.8, 4) is 0 Å². The van der Waals surface area contributed by atoms with Crippen LogP contribution in [-0.2, 0) is 65.4 Å². The first-order chi connectivity index (χ1) is 46.7. The van der Waals surface area contributed by atoms with Crippen molar-refractivity contribution in [2.24, 2.45) is 0 Å². The number of hydrogen-bond acceptors (Lipinski definition) is 15. The van der Waals surface area contributed by atoms with Gasteiger partial charge in [0.25, 0.3) is 0 Å². The first-order valence-corrected chi connectivity index (χ1v) is 41.5. The summed E-state index contributed by atoms with van der Waals surface area (Å²) in [4.78, 5) is 72.8. The minimum atomic E-state index is -4.97. The molecular weight excluding hydrogens is 1260 g/mol. The molecule has 19 heteroatoms. The third-order valence-electron chi connectivity index (χ3n) is 16.5. The van der Waals surface area contributed by atoms with Gasteiger partial charge in [-0.25, -0.2) is 9.13 Å². The summed E-state index contributed by atoms with van der Waals surface area (Å²) in [5, 5.41) is 10.6. The number of aliphatic hydroxyl groups is 1. The lowest BCUT2D eigenvalue weighted by Crippen LogP contribution is -2.30. The predicted molar refractivity (Wildman–Crippen MR) is 390 cm³/mol. The normalized spacial score (nSPS) is 14.3. The van der Waals surface area contributed by atoms with Gasteiger partial charge in [-0.1, -0.05) is 275 Å². The van der Waals surface area contributed by atoms with E-state index in [1.165, 1.54) is 122 Å². The van der Waals surface area contributed by atoms with E-state index in [9.17, 15) is 43.2 Å². The molecule has 0 amide bonds. The predicted octanol–water partition coefficient (Wildman–Crippen LogP) is 21.9. The lowest BCUT2D eigenvalue weighted by molar-refractivity contribution is -0.161. The molecule has 0 radical (unpaired) electrons. The van der Waals surface area contributed by atoms with Crippen LogP contribution in [0, 0.1) is 0 Å². The number of allylic oxidation sites excluding steroid dienone is 10. The summed E-state index contributed by atoms with van der Waals surface area (Å²) >= 11 is 0. The number of unbranched alkanes of at least 4 members (excludes halogenated alkanes) is 38. The average Bonchev–Trinajstić information content (AvgIpc) is 1.36. The quantitative estimate of drug-likeness (QED) is 0.0128. The molecule has 17 nitrogen and oxygen atoms in total. The van der Waals surface area contributed by atoms with E-state index < -0.39 is 97.5 Å². The van der Waals surface area contributed by atoms with Gasteiger partial charge >= 0.3 is 39.5 Å². The van der Waals surface area contributed by atoms with Gasteiger partial charge in [0, 0.05) is 25.7 Å². The molecule has 0 bridgehead atoms. The van der Waals surface area contributed by atoms with Crippen LogP contribution in [-0.4, -0.2) is 96.7 Å². The van der Waals surface area contributed by atoms with E-state index in [1.807, 2.05) is 0 Å². The minimum Gasteiger partial charge on any atom is -0.462 e. The summed E-state index contributed by atoms with van der Waals surface area (Å²) in [6, 6.07) is 0. The number of phosphoric ester groups is 2. The van der Waals surface area contributed by atoms with E-state index in [0.29, 0.717) is 25.7 Å². The molecule has 0 fully saturated rings. The monoisotopic (exact) mass is 1400 g/mol. The fourth-order valence-electron chi connectivity index (χ4n) is 10.5. The number of carbonyl (C=O) groups is 4. The van der Waals surface area contributed by atoms with Crippen LogP contribution in [0.5, 0.6) is 0 Å². The summed E-state index contributed by atoms with van der Waals surface area (Å²) in [5.41, 5.74) is 0. The van der Waals surface area contributed by atoms with Gasteiger partial charge in [0.2, 0.25) is 0 Å². The van der Waals surface area contributed by atoms with Gasteiger partial charge in [0.05, 0.1) is 26.4 Å². The number of aliphatic hydroxyl groups excluding tert-OH is 1. The molecule has 0 heterocycles. The first-order valence-electron chi connectivity index (χ1n) is 38.5. The molecule has 96 heavy (non-hydrogen) atoms. The van der Waals surface area contributed by atoms with Gasteiger partial charge in [0.15, 0.2) is 12.2 Å². The zero-order valence-corrected chi connectivity index (χ0v) is 62.8. The number of rotatable bonds is 73. The maximum Gasteiger partial charge on any atom is 0.472 e. The summed E-state index contributed by atoms with van der Waals surface area (Å²) in [6.45, 7) is 4.82. The second-order valence-corrected chi connectivity index (χ2v) is 28.9. The van der Waals surface area contributed by atoms with Crippen molar-refractivity contribution >= 4 is 39.5 Å². The van der Waals surface area contributed by atoms with Crippen molar-refractivity contribution < 1.29 is 80.2 Å². The molecule has 0 aliphatic rings. The summed E-state index contributed by atoms with van der Waals surface area (Å²) in [5.74, 6) is -2.19. The van der Waals surface area contributed by atoms with Gasteiger partial charge in [-0.15, -0.1) is 0 Å². The van der Waals surface area contributed by atoms with Gasteiger partial charge in [-0.2, -0.15) is 0 Å². The number of ether oxygens (including phenoxy) is 4. The molecule has 0 spiro atoms. The Morgan fingerprint density at radius 3 is 0.875 bits per heavy atom. The van der Waals surface area contributed by atoms with Gasteiger partial charge in [0.1, 0.15) is 19.3 Å². The van der Waals surface area contributed by atoms with Gasteiger partial charge in [-0.3, -0.25) is 37.3 Å². The number of carbonyl (C=O) groups excluding carboxylic acids is 4. The van der Waals surface area contributed by atoms with E-state index in [2.05, 4.69) is 88.5 Å². The van der Waals surface area contributed by atoms with E-state index in [1.54, 1.807) is 0 Å². The largest absolute Gasteiger partial charge is 0.472 e. The number of hydrogen-bond donors (Lipinski definition) is 3. The zero-order valence-electron chi connectivity index (χ0n) is 61.1. The fraction of sp³-hybridized carbons (Fsp3) is 0.818. The Bertz CT molecular complexity index is 2060. The van der Waals surface area contributed by atoms with Crippen LogP contribution in [0.4, 0.5) is 0 Å². The molecule has 0 aliphatic carbocycles. The van der Waals surface area contributed by atoms with Crippen molar-refractivity contribution in [2.45, 2.75) is 367 Å². The van der Waals surface area contributed by atoms with Crippen LogP contribution in [0.3, 0.4) is 0 Å². The Kier molecular flexibility index (Phi) is 67.8. The molecule has 2 unspecified atom stereocenters. The maximum absolute atomic E-state index is 13.1. The van der Waals surface area contributed by atoms with Crippen LogP contribution in [0.1, 0.15) is 349 Å². The summed E-state index contributed by atoms with van der Waals surface area (Å²) in [7, 11) is -9.94. The van der Waals surface area contributed by atoms with E-state index in [-0.39, 0.29) is 25.7 Å². The highest BCUT2D eigenvalue weighted by atomic mass is 31.2. The molecule has 3 N–H and O–H groups in total.